The monoisotopic (exact) mass is 354 g/mol. The molecule has 7 heteroatoms. The fraction of sp³-hybridized carbons (Fsp3) is 0.167. The van der Waals surface area contributed by atoms with Crippen molar-refractivity contribution in [2.45, 2.75) is 6.17 Å². The average Bonchev–Trinajstić information content (AvgIpc) is 2.61. The van der Waals surface area contributed by atoms with E-state index in [4.69, 9.17) is 11.6 Å². The van der Waals surface area contributed by atoms with E-state index in [2.05, 4.69) is 5.32 Å². The first-order chi connectivity index (χ1) is 11.9. The summed E-state index contributed by atoms with van der Waals surface area (Å²) in [5, 5.41) is 23.4. The third-order valence-electron chi connectivity index (χ3n) is 4.13. The van der Waals surface area contributed by atoms with Crippen LogP contribution >= 0.6 is 11.6 Å². The number of hydrogen-bond donors (Lipinski definition) is 1. The third kappa shape index (κ3) is 2.90. The van der Waals surface area contributed by atoms with E-state index < -0.39 is 18.2 Å². The number of halogens is 1. The van der Waals surface area contributed by atoms with Crippen LogP contribution in [0.3, 0.4) is 0 Å². The van der Waals surface area contributed by atoms with Gasteiger partial charge in [-0.1, -0.05) is 35.9 Å². The van der Waals surface area contributed by atoms with Crippen LogP contribution in [-0.2, 0) is 4.79 Å². The number of amides is 1. The summed E-state index contributed by atoms with van der Waals surface area (Å²) in [5.74, 6) is -1.26. The van der Waals surface area contributed by atoms with Crippen LogP contribution in [0.4, 0.5) is 4.79 Å². The smallest absolute Gasteiger partial charge is 0.409 e. The van der Waals surface area contributed by atoms with Crippen LogP contribution in [0.25, 0.3) is 5.57 Å². The molecule has 0 saturated heterocycles. The third-order valence-corrected chi connectivity index (χ3v) is 4.38. The first kappa shape index (κ1) is 16.8. The fourth-order valence-electron chi connectivity index (χ4n) is 2.84. The summed E-state index contributed by atoms with van der Waals surface area (Å²) in [4.78, 5) is 25.2. The van der Waals surface area contributed by atoms with Crippen LogP contribution in [0.15, 0.2) is 53.8 Å². The number of nitriles is 1. The summed E-state index contributed by atoms with van der Waals surface area (Å²) < 4.78 is 0. The molecular weight excluding hydrogens is 342 g/mol. The topological polar surface area (TPSA) is 95.5 Å². The standard InChI is InChI=1S/C18H13ClN3O3/c1-22(18(24)25)17-15(10-4-6-13(19)7-5-10)14-12(9-21-17)3-2-11(8-20)16(14)23/h2-7,9,11,17H,1H3,(H,24,25). The zero-order valence-electron chi connectivity index (χ0n) is 13.2. The number of rotatable bonds is 2. The lowest BCUT2D eigenvalue weighted by molar-refractivity contribution is -0.116. The number of benzene rings is 1. The van der Waals surface area contributed by atoms with Gasteiger partial charge in [-0.25, -0.2) is 4.79 Å². The van der Waals surface area contributed by atoms with Crippen molar-refractivity contribution in [3.05, 3.63) is 64.3 Å². The first-order valence-electron chi connectivity index (χ1n) is 7.42. The number of allylic oxidation sites excluding steroid dienone is 4. The van der Waals surface area contributed by atoms with Gasteiger partial charge in [-0.15, -0.1) is 0 Å². The highest BCUT2D eigenvalue weighted by Crippen LogP contribution is 2.37. The molecule has 0 bridgehead atoms. The van der Waals surface area contributed by atoms with Crippen LogP contribution in [0, 0.1) is 17.2 Å². The van der Waals surface area contributed by atoms with Gasteiger partial charge in [0, 0.05) is 35.0 Å². The van der Waals surface area contributed by atoms with E-state index in [1.54, 1.807) is 30.3 Å². The van der Waals surface area contributed by atoms with E-state index in [-0.39, 0.29) is 5.78 Å². The van der Waals surface area contributed by atoms with Crippen LogP contribution in [0.5, 0.6) is 0 Å². The van der Waals surface area contributed by atoms with Crippen molar-refractivity contribution < 1.29 is 14.7 Å². The molecule has 2 unspecified atom stereocenters. The number of carbonyl (C=O) groups excluding carboxylic acids is 1. The van der Waals surface area contributed by atoms with E-state index in [9.17, 15) is 20.0 Å². The van der Waals surface area contributed by atoms with Crippen LogP contribution in [0.2, 0.25) is 5.02 Å². The summed E-state index contributed by atoms with van der Waals surface area (Å²) in [6, 6.07) is 8.69. The van der Waals surface area contributed by atoms with Crippen LogP contribution in [0.1, 0.15) is 5.56 Å². The van der Waals surface area contributed by atoms with E-state index in [0.29, 0.717) is 27.3 Å². The molecule has 1 aromatic rings. The Kier molecular flexibility index (Phi) is 4.34. The van der Waals surface area contributed by atoms with Crippen molar-refractivity contribution in [2.24, 2.45) is 5.92 Å². The summed E-state index contributed by atoms with van der Waals surface area (Å²) in [6.07, 6.45) is 2.61. The Morgan fingerprint density at radius 3 is 2.64 bits per heavy atom. The van der Waals surface area contributed by atoms with Crippen molar-refractivity contribution >= 4 is 29.1 Å². The minimum atomic E-state index is -1.17. The number of carboxylic acid groups (broad SMARTS) is 1. The molecule has 1 N–H and O–H groups in total. The molecule has 3 rings (SSSR count). The molecule has 1 aromatic carbocycles. The summed E-state index contributed by atoms with van der Waals surface area (Å²) in [6.45, 7) is 0. The van der Waals surface area contributed by atoms with Crippen molar-refractivity contribution in [1.29, 1.82) is 5.26 Å². The maximum atomic E-state index is 12.8. The Labute approximate surface area is 149 Å². The summed E-state index contributed by atoms with van der Waals surface area (Å²) in [5.41, 5.74) is 1.97. The normalized spacial score (nSPS) is 21.8. The predicted molar refractivity (Wildman–Crippen MR) is 91.4 cm³/mol. The van der Waals surface area contributed by atoms with Gasteiger partial charge in [0.2, 0.25) is 0 Å². The Morgan fingerprint density at radius 2 is 2.04 bits per heavy atom. The van der Waals surface area contributed by atoms with Gasteiger partial charge in [0.05, 0.1) is 6.07 Å². The molecule has 125 valence electrons. The minimum absolute atomic E-state index is 0.324. The molecule has 0 fully saturated rings. The molecule has 1 aliphatic carbocycles. The number of fused-ring (bicyclic) bond motifs is 1. The highest BCUT2D eigenvalue weighted by atomic mass is 35.5. The average molecular weight is 355 g/mol. The first-order valence-corrected chi connectivity index (χ1v) is 7.80. The van der Waals surface area contributed by atoms with Gasteiger partial charge in [0.15, 0.2) is 11.9 Å². The lowest BCUT2D eigenvalue weighted by Crippen LogP contribution is -2.44. The van der Waals surface area contributed by atoms with E-state index >= 15 is 0 Å². The molecule has 0 spiro atoms. The van der Waals surface area contributed by atoms with Gasteiger partial charge in [-0.3, -0.25) is 15.0 Å². The number of ketones is 1. The molecule has 0 aromatic heterocycles. The molecule has 1 aliphatic heterocycles. The quantitative estimate of drug-likeness (QED) is 0.883. The molecule has 0 saturated carbocycles. The number of likely N-dealkylation sites (N-methyl/N-ethyl adjacent to an activating group) is 1. The fourth-order valence-corrected chi connectivity index (χ4v) is 2.97. The Morgan fingerprint density at radius 1 is 1.36 bits per heavy atom. The van der Waals surface area contributed by atoms with Gasteiger partial charge in [0.25, 0.3) is 0 Å². The summed E-state index contributed by atoms with van der Waals surface area (Å²) >= 11 is 5.94. The molecule has 1 heterocycles. The van der Waals surface area contributed by atoms with Gasteiger partial charge in [-0.2, -0.15) is 5.26 Å². The largest absolute Gasteiger partial charge is 0.465 e. The zero-order chi connectivity index (χ0) is 18.1. The Hall–Kier alpha value is -3.04. The number of hydrogen-bond acceptors (Lipinski definition) is 3. The van der Waals surface area contributed by atoms with Crippen LogP contribution in [-0.4, -0.2) is 35.1 Å². The highest BCUT2D eigenvalue weighted by Gasteiger charge is 2.37. The molecule has 1 radical (unpaired) electrons. The van der Waals surface area contributed by atoms with Crippen molar-refractivity contribution in [1.82, 2.24) is 10.2 Å². The predicted octanol–water partition coefficient (Wildman–Crippen LogP) is 2.81. The molecule has 1 amide bonds. The van der Waals surface area contributed by atoms with Crippen molar-refractivity contribution in [3.63, 3.8) is 0 Å². The second-order valence-corrected chi connectivity index (χ2v) is 6.06. The maximum absolute atomic E-state index is 12.8. The van der Waals surface area contributed by atoms with E-state index in [1.807, 2.05) is 6.07 Å². The van der Waals surface area contributed by atoms with E-state index in [1.165, 1.54) is 19.3 Å². The molecule has 25 heavy (non-hydrogen) atoms. The molecule has 2 aliphatic rings. The number of nitrogens with zero attached hydrogens (tertiary/aromatic N) is 3. The van der Waals surface area contributed by atoms with Gasteiger partial charge < -0.3 is 5.11 Å². The molecule has 2 atom stereocenters. The van der Waals surface area contributed by atoms with Crippen molar-refractivity contribution in [2.75, 3.05) is 7.05 Å². The summed E-state index contributed by atoms with van der Waals surface area (Å²) in [7, 11) is 1.39. The van der Waals surface area contributed by atoms with Gasteiger partial charge in [0.1, 0.15) is 5.92 Å². The van der Waals surface area contributed by atoms with Crippen LogP contribution < -0.4 is 5.32 Å². The van der Waals surface area contributed by atoms with Crippen molar-refractivity contribution in [3.8, 4) is 6.07 Å². The second kappa shape index (κ2) is 6.46. The highest BCUT2D eigenvalue weighted by molar-refractivity contribution is 6.30. The lowest BCUT2D eigenvalue weighted by Gasteiger charge is -2.33. The Balaban J connectivity index is 2.24. The molecule has 6 nitrogen and oxygen atoms in total. The Bertz CT molecular complexity index is 878. The number of Topliss-reactive ketones (excluding diaryl/α,β-unsaturated/α-hetero) is 1. The SMILES string of the molecule is CN(C(=O)O)C1[N]C=C2C=CC(C#N)C(=O)C2=C1c1ccc(Cl)cc1. The number of carbonyl (C=O) groups is 2. The van der Waals surface area contributed by atoms with E-state index in [0.717, 1.165) is 4.90 Å². The maximum Gasteiger partial charge on any atom is 0.409 e. The van der Waals surface area contributed by atoms with Gasteiger partial charge in [-0.05, 0) is 17.7 Å². The minimum Gasteiger partial charge on any atom is -0.465 e. The zero-order valence-corrected chi connectivity index (χ0v) is 13.9. The lowest BCUT2D eigenvalue weighted by atomic mass is 9.80. The molecular formula is C18H13ClN3O3. The second-order valence-electron chi connectivity index (χ2n) is 5.63. The van der Waals surface area contributed by atoms with Gasteiger partial charge >= 0.3 is 6.09 Å².